The van der Waals surface area contributed by atoms with Gasteiger partial charge in [-0.1, -0.05) is 60.7 Å². The maximum atomic E-state index is 13.1. The maximum absolute atomic E-state index is 13.1. The third-order valence-corrected chi connectivity index (χ3v) is 5.74. The van der Waals surface area contributed by atoms with E-state index in [2.05, 4.69) is 27.3 Å². The van der Waals surface area contributed by atoms with Crippen LogP contribution in [0, 0.1) is 5.92 Å². The number of anilines is 1. The van der Waals surface area contributed by atoms with Crippen molar-refractivity contribution >= 4 is 11.6 Å². The van der Waals surface area contributed by atoms with Gasteiger partial charge in [0, 0.05) is 37.7 Å². The first-order valence-electron chi connectivity index (χ1n) is 10.3. The van der Waals surface area contributed by atoms with Crippen LogP contribution in [0.15, 0.2) is 85.2 Å². The van der Waals surface area contributed by atoms with E-state index in [0.29, 0.717) is 5.92 Å². The number of pyridine rings is 1. The highest BCUT2D eigenvalue weighted by Crippen LogP contribution is 2.26. The Kier molecular flexibility index (Phi) is 6.20. The Morgan fingerprint density at radius 1 is 0.897 bits per heavy atom. The smallest absolute Gasteiger partial charge is 0.232 e. The molecular formula is C25H27N3O. The molecule has 2 heterocycles. The molecule has 0 radical (unpaired) electrons. The van der Waals surface area contributed by atoms with E-state index in [1.807, 2.05) is 73.1 Å². The van der Waals surface area contributed by atoms with Crippen LogP contribution in [0.25, 0.3) is 0 Å². The summed E-state index contributed by atoms with van der Waals surface area (Å²) < 4.78 is 0. The van der Waals surface area contributed by atoms with Crippen molar-refractivity contribution in [3.05, 3.63) is 96.3 Å². The number of hydrogen-bond acceptors (Lipinski definition) is 3. The summed E-state index contributed by atoms with van der Waals surface area (Å²) in [5, 5.41) is 3.24. The Morgan fingerprint density at radius 3 is 2.00 bits per heavy atom. The fourth-order valence-corrected chi connectivity index (χ4v) is 4.08. The van der Waals surface area contributed by atoms with Crippen LogP contribution in [-0.4, -0.2) is 30.5 Å². The Hall–Kier alpha value is -3.14. The van der Waals surface area contributed by atoms with Gasteiger partial charge in [0.25, 0.3) is 0 Å². The molecule has 0 saturated carbocycles. The van der Waals surface area contributed by atoms with Crippen LogP contribution in [0.5, 0.6) is 0 Å². The van der Waals surface area contributed by atoms with Gasteiger partial charge >= 0.3 is 0 Å². The number of piperidine rings is 1. The van der Waals surface area contributed by atoms with Gasteiger partial charge in [-0.25, -0.2) is 0 Å². The number of rotatable bonds is 6. The summed E-state index contributed by atoms with van der Waals surface area (Å²) in [6, 6.07) is 24.2. The summed E-state index contributed by atoms with van der Waals surface area (Å²) in [7, 11) is 0. The molecule has 0 atom stereocenters. The zero-order valence-electron chi connectivity index (χ0n) is 16.6. The number of nitrogens with one attached hydrogen (secondary N) is 1. The van der Waals surface area contributed by atoms with Gasteiger partial charge in [-0.3, -0.25) is 9.78 Å². The Morgan fingerprint density at radius 2 is 1.45 bits per heavy atom. The standard InChI is InChI=1S/C25H27N3O/c29-25(24(21-7-3-1-4-8-21)22-9-5-2-6-10-22)27-19-20-13-17-28(18-14-20)23-11-15-26-16-12-23/h1-12,15-16,20,24H,13-14,17-19H2,(H,27,29). The summed E-state index contributed by atoms with van der Waals surface area (Å²) in [4.78, 5) is 19.6. The normalized spacial score (nSPS) is 14.7. The van der Waals surface area contributed by atoms with Crippen molar-refractivity contribution in [3.63, 3.8) is 0 Å². The van der Waals surface area contributed by atoms with Crippen LogP contribution in [0.3, 0.4) is 0 Å². The van der Waals surface area contributed by atoms with Crippen molar-refractivity contribution in [2.45, 2.75) is 18.8 Å². The number of carbonyl (C=O) groups excluding carboxylic acids is 1. The second kappa shape index (κ2) is 9.37. The van der Waals surface area contributed by atoms with E-state index in [9.17, 15) is 4.79 Å². The SMILES string of the molecule is O=C(NCC1CCN(c2ccncc2)CC1)C(c1ccccc1)c1ccccc1. The summed E-state index contributed by atoms with van der Waals surface area (Å²) in [6.45, 7) is 2.77. The van der Waals surface area contributed by atoms with E-state index in [4.69, 9.17) is 0 Å². The minimum Gasteiger partial charge on any atom is -0.371 e. The zero-order valence-corrected chi connectivity index (χ0v) is 16.6. The molecule has 1 amide bonds. The van der Waals surface area contributed by atoms with Crippen LogP contribution in [0.1, 0.15) is 29.9 Å². The number of hydrogen-bond donors (Lipinski definition) is 1. The minimum atomic E-state index is -0.269. The summed E-state index contributed by atoms with van der Waals surface area (Å²) in [5.74, 6) is 0.331. The average molecular weight is 386 g/mol. The first-order chi connectivity index (χ1) is 14.3. The second-order valence-corrected chi connectivity index (χ2v) is 7.64. The Bertz CT molecular complexity index is 852. The van der Waals surface area contributed by atoms with Crippen LogP contribution in [0.2, 0.25) is 0 Å². The molecule has 3 aromatic rings. The molecule has 1 aliphatic heterocycles. The van der Waals surface area contributed by atoms with Crippen LogP contribution < -0.4 is 10.2 Å². The molecule has 1 fully saturated rings. The third-order valence-electron chi connectivity index (χ3n) is 5.74. The minimum absolute atomic E-state index is 0.0824. The van der Waals surface area contributed by atoms with Crippen molar-refractivity contribution in [3.8, 4) is 0 Å². The topological polar surface area (TPSA) is 45.2 Å². The Balaban J connectivity index is 1.37. The van der Waals surface area contributed by atoms with E-state index in [0.717, 1.165) is 43.6 Å². The fourth-order valence-electron chi connectivity index (χ4n) is 4.08. The highest BCUT2D eigenvalue weighted by molar-refractivity contribution is 5.87. The molecule has 1 saturated heterocycles. The van der Waals surface area contributed by atoms with Crippen LogP contribution in [0.4, 0.5) is 5.69 Å². The molecule has 29 heavy (non-hydrogen) atoms. The molecule has 4 rings (SSSR count). The molecule has 2 aromatic carbocycles. The highest BCUT2D eigenvalue weighted by atomic mass is 16.1. The molecule has 4 nitrogen and oxygen atoms in total. The molecule has 4 heteroatoms. The molecular weight excluding hydrogens is 358 g/mol. The second-order valence-electron chi connectivity index (χ2n) is 7.64. The van der Waals surface area contributed by atoms with Crippen molar-refractivity contribution in [2.24, 2.45) is 5.92 Å². The van der Waals surface area contributed by atoms with Gasteiger partial charge in [0.15, 0.2) is 0 Å². The third kappa shape index (κ3) is 4.83. The predicted octanol–water partition coefficient (Wildman–Crippen LogP) is 4.25. The highest BCUT2D eigenvalue weighted by Gasteiger charge is 2.25. The van der Waals surface area contributed by atoms with Crippen LogP contribution >= 0.6 is 0 Å². The number of benzene rings is 2. The molecule has 0 unspecified atom stereocenters. The van der Waals surface area contributed by atoms with Gasteiger partial charge < -0.3 is 10.2 Å². The lowest BCUT2D eigenvalue weighted by molar-refractivity contribution is -0.121. The average Bonchev–Trinajstić information content (AvgIpc) is 2.80. The van der Waals surface area contributed by atoms with Crippen molar-refractivity contribution in [1.82, 2.24) is 10.3 Å². The summed E-state index contributed by atoms with van der Waals surface area (Å²) in [5.41, 5.74) is 3.29. The molecule has 0 bridgehead atoms. The maximum Gasteiger partial charge on any atom is 0.232 e. The first-order valence-corrected chi connectivity index (χ1v) is 10.3. The zero-order chi connectivity index (χ0) is 19.9. The lowest BCUT2D eigenvalue weighted by atomic mass is 9.90. The summed E-state index contributed by atoms with van der Waals surface area (Å²) >= 11 is 0. The van der Waals surface area contributed by atoms with Gasteiger partial charge in [0.2, 0.25) is 5.91 Å². The fraction of sp³-hybridized carbons (Fsp3) is 0.280. The van der Waals surface area contributed by atoms with Gasteiger partial charge in [-0.05, 0) is 42.0 Å². The van der Waals surface area contributed by atoms with Crippen molar-refractivity contribution < 1.29 is 4.79 Å². The molecule has 1 aromatic heterocycles. The summed E-state index contributed by atoms with van der Waals surface area (Å²) in [6.07, 6.45) is 5.86. The van der Waals surface area contributed by atoms with E-state index >= 15 is 0 Å². The van der Waals surface area contributed by atoms with E-state index < -0.39 is 0 Å². The van der Waals surface area contributed by atoms with E-state index in [-0.39, 0.29) is 11.8 Å². The molecule has 1 aliphatic rings. The van der Waals surface area contributed by atoms with Gasteiger partial charge in [0.1, 0.15) is 0 Å². The molecule has 1 N–H and O–H groups in total. The number of nitrogens with zero attached hydrogens (tertiary/aromatic N) is 2. The number of amides is 1. The molecule has 148 valence electrons. The van der Waals surface area contributed by atoms with Gasteiger partial charge in [-0.15, -0.1) is 0 Å². The lowest BCUT2D eigenvalue weighted by Gasteiger charge is -2.33. The van der Waals surface area contributed by atoms with Crippen LogP contribution in [-0.2, 0) is 4.79 Å². The molecule has 0 aliphatic carbocycles. The lowest BCUT2D eigenvalue weighted by Crippen LogP contribution is -2.40. The van der Waals surface area contributed by atoms with Gasteiger partial charge in [-0.2, -0.15) is 0 Å². The quantitative estimate of drug-likeness (QED) is 0.690. The Labute approximate surface area is 172 Å². The van der Waals surface area contributed by atoms with E-state index in [1.165, 1.54) is 5.69 Å². The van der Waals surface area contributed by atoms with Gasteiger partial charge in [0.05, 0.1) is 5.92 Å². The predicted molar refractivity (Wildman–Crippen MR) is 117 cm³/mol. The van der Waals surface area contributed by atoms with Crippen molar-refractivity contribution in [2.75, 3.05) is 24.5 Å². The van der Waals surface area contributed by atoms with E-state index in [1.54, 1.807) is 0 Å². The van der Waals surface area contributed by atoms with Crippen molar-refractivity contribution in [1.29, 1.82) is 0 Å². The first kappa shape index (κ1) is 19.2. The number of aromatic nitrogens is 1. The monoisotopic (exact) mass is 385 g/mol. The molecule has 0 spiro atoms. The number of carbonyl (C=O) groups is 1. The largest absolute Gasteiger partial charge is 0.371 e.